The summed E-state index contributed by atoms with van der Waals surface area (Å²) >= 11 is 8.96. The summed E-state index contributed by atoms with van der Waals surface area (Å²) in [5.41, 5.74) is 1.99. The van der Waals surface area contributed by atoms with E-state index in [-0.39, 0.29) is 11.3 Å². The van der Waals surface area contributed by atoms with Crippen molar-refractivity contribution < 1.29 is 19.4 Å². The first-order chi connectivity index (χ1) is 15.9. The number of rotatable bonds is 4. The molecule has 6 nitrogen and oxygen atoms in total. The lowest BCUT2D eigenvalue weighted by atomic mass is 10.00. The van der Waals surface area contributed by atoms with Crippen LogP contribution in [-0.4, -0.2) is 28.9 Å². The summed E-state index contributed by atoms with van der Waals surface area (Å²) < 4.78 is 6.03. The fourth-order valence-electron chi connectivity index (χ4n) is 3.79. The highest BCUT2D eigenvalue weighted by atomic mass is 35.5. The van der Waals surface area contributed by atoms with Crippen LogP contribution in [-0.2, 0) is 9.59 Å². The first kappa shape index (κ1) is 21.6. The fourth-order valence-corrected chi connectivity index (χ4v) is 5.84. The van der Waals surface area contributed by atoms with Gasteiger partial charge in [-0.1, -0.05) is 29.0 Å². The van der Waals surface area contributed by atoms with Gasteiger partial charge in [-0.05, 0) is 60.3 Å². The standard InChI is InChI=1S/C24H17ClN2O4S2/c1-12-10-18-16(11-15(12)25)26-24(33-18)27-20(17-4-3-9-32-17)19(22(29)23(27)30)21(28)13-5-7-14(31-2)8-6-13/h3-11,20,28H,1-2H3/b21-19+. The predicted octanol–water partition coefficient (Wildman–Crippen LogP) is 5.95. The van der Waals surface area contributed by atoms with Crippen LogP contribution in [0, 0.1) is 6.92 Å². The summed E-state index contributed by atoms with van der Waals surface area (Å²) in [5.74, 6) is -1.11. The predicted molar refractivity (Wildman–Crippen MR) is 131 cm³/mol. The molecule has 5 rings (SSSR count). The number of hydrogen-bond donors (Lipinski definition) is 1. The van der Waals surface area contributed by atoms with Gasteiger partial charge in [0.2, 0.25) is 0 Å². The van der Waals surface area contributed by atoms with Gasteiger partial charge in [-0.15, -0.1) is 11.3 Å². The summed E-state index contributed by atoms with van der Waals surface area (Å²) in [6.07, 6.45) is 0. The van der Waals surface area contributed by atoms with Crippen LogP contribution in [0.4, 0.5) is 5.13 Å². The molecule has 9 heteroatoms. The molecule has 2 aromatic carbocycles. The third-order valence-corrected chi connectivity index (χ3v) is 7.83. The van der Waals surface area contributed by atoms with Crippen LogP contribution in [0.5, 0.6) is 5.75 Å². The summed E-state index contributed by atoms with van der Waals surface area (Å²) in [5, 5.41) is 13.9. The number of thiophene rings is 1. The third-order valence-electron chi connectivity index (χ3n) is 5.48. The largest absolute Gasteiger partial charge is 0.507 e. The maximum Gasteiger partial charge on any atom is 0.301 e. The van der Waals surface area contributed by atoms with Gasteiger partial charge in [-0.2, -0.15) is 0 Å². The lowest BCUT2D eigenvalue weighted by Gasteiger charge is -2.21. The molecule has 2 aromatic heterocycles. The lowest BCUT2D eigenvalue weighted by Crippen LogP contribution is -2.28. The zero-order valence-electron chi connectivity index (χ0n) is 17.5. The topological polar surface area (TPSA) is 79.7 Å². The van der Waals surface area contributed by atoms with Gasteiger partial charge in [0.1, 0.15) is 17.6 Å². The molecule has 1 aliphatic rings. The smallest absolute Gasteiger partial charge is 0.301 e. The molecule has 0 saturated carbocycles. The minimum absolute atomic E-state index is 0.0288. The van der Waals surface area contributed by atoms with Gasteiger partial charge in [-0.3, -0.25) is 14.5 Å². The monoisotopic (exact) mass is 496 g/mol. The van der Waals surface area contributed by atoms with Crippen LogP contribution in [0.3, 0.4) is 0 Å². The molecule has 33 heavy (non-hydrogen) atoms. The number of nitrogens with zero attached hydrogens (tertiary/aromatic N) is 2. The van der Waals surface area contributed by atoms with Crippen LogP contribution < -0.4 is 9.64 Å². The van der Waals surface area contributed by atoms with E-state index in [0.29, 0.717) is 27.0 Å². The second kappa shape index (κ2) is 8.30. The van der Waals surface area contributed by atoms with E-state index >= 15 is 0 Å². The van der Waals surface area contributed by atoms with Crippen molar-refractivity contribution >= 4 is 67.1 Å². The first-order valence-corrected chi connectivity index (χ1v) is 12.0. The van der Waals surface area contributed by atoms with Crippen molar-refractivity contribution in [3.8, 4) is 5.75 Å². The molecule has 166 valence electrons. The molecule has 3 heterocycles. The van der Waals surface area contributed by atoms with Gasteiger partial charge in [0, 0.05) is 15.5 Å². The number of carbonyl (C=O) groups is 2. The van der Waals surface area contributed by atoms with E-state index in [1.165, 1.54) is 27.6 Å². The number of anilines is 1. The molecule has 0 spiro atoms. The van der Waals surface area contributed by atoms with Gasteiger partial charge < -0.3 is 9.84 Å². The molecule has 4 aromatic rings. The van der Waals surface area contributed by atoms with Crippen LogP contribution in [0.25, 0.3) is 16.0 Å². The number of thiazole rings is 1. The minimum atomic E-state index is -0.788. The van der Waals surface area contributed by atoms with Crippen molar-refractivity contribution in [2.24, 2.45) is 0 Å². The Hall–Kier alpha value is -3.20. The number of Topliss-reactive ketones (excluding diaryl/α,β-unsaturated/α-hetero) is 1. The lowest BCUT2D eigenvalue weighted by molar-refractivity contribution is -0.132. The number of aliphatic hydroxyl groups excluding tert-OH is 1. The number of halogens is 1. The SMILES string of the molecule is COc1ccc(/C(O)=C2\C(=O)C(=O)N(c3nc4cc(Cl)c(C)cc4s3)C2c2cccs2)cc1. The van der Waals surface area contributed by atoms with Gasteiger partial charge in [0.15, 0.2) is 5.13 Å². The van der Waals surface area contributed by atoms with E-state index in [2.05, 4.69) is 4.98 Å². The Morgan fingerprint density at radius 1 is 1.18 bits per heavy atom. The fraction of sp³-hybridized carbons (Fsp3) is 0.125. The van der Waals surface area contributed by atoms with Crippen molar-refractivity contribution in [2.45, 2.75) is 13.0 Å². The Kier molecular flexibility index (Phi) is 5.44. The van der Waals surface area contributed by atoms with E-state index in [0.717, 1.165) is 15.1 Å². The van der Waals surface area contributed by atoms with E-state index in [1.807, 2.05) is 30.5 Å². The Labute approximate surface area is 202 Å². The Morgan fingerprint density at radius 3 is 2.61 bits per heavy atom. The number of ketones is 1. The Balaban J connectivity index is 1.69. The molecular formula is C24H17ClN2O4S2. The summed E-state index contributed by atoms with van der Waals surface area (Å²) in [4.78, 5) is 33.1. The number of aryl methyl sites for hydroxylation is 1. The molecule has 1 atom stereocenters. The molecule has 0 bridgehead atoms. The van der Waals surface area contributed by atoms with E-state index in [4.69, 9.17) is 16.3 Å². The van der Waals surface area contributed by atoms with Crippen molar-refractivity contribution in [3.63, 3.8) is 0 Å². The number of ether oxygens (including phenoxy) is 1. The van der Waals surface area contributed by atoms with Crippen molar-refractivity contribution in [1.82, 2.24) is 4.98 Å². The van der Waals surface area contributed by atoms with Crippen molar-refractivity contribution in [2.75, 3.05) is 12.0 Å². The number of methoxy groups -OCH3 is 1. The second-order valence-corrected chi connectivity index (χ2v) is 9.87. The minimum Gasteiger partial charge on any atom is -0.507 e. The quantitative estimate of drug-likeness (QED) is 0.214. The number of carbonyl (C=O) groups excluding carboxylic acids is 2. The van der Waals surface area contributed by atoms with Gasteiger partial charge >= 0.3 is 5.91 Å². The summed E-state index contributed by atoms with van der Waals surface area (Å²) in [6, 6.07) is 13.2. The molecule has 0 aliphatic carbocycles. The van der Waals surface area contributed by atoms with Gasteiger partial charge in [0.05, 0.1) is 22.9 Å². The molecule has 1 unspecified atom stereocenters. The Morgan fingerprint density at radius 2 is 1.94 bits per heavy atom. The van der Waals surface area contributed by atoms with Gasteiger partial charge in [-0.25, -0.2) is 4.98 Å². The van der Waals surface area contributed by atoms with Gasteiger partial charge in [0.25, 0.3) is 5.78 Å². The highest BCUT2D eigenvalue weighted by molar-refractivity contribution is 7.22. The zero-order chi connectivity index (χ0) is 23.3. The van der Waals surface area contributed by atoms with E-state index in [9.17, 15) is 14.7 Å². The molecule has 1 N–H and O–H groups in total. The zero-order valence-corrected chi connectivity index (χ0v) is 19.9. The molecule has 1 fully saturated rings. The molecule has 1 saturated heterocycles. The molecular weight excluding hydrogens is 480 g/mol. The number of aromatic nitrogens is 1. The number of fused-ring (bicyclic) bond motifs is 1. The molecule has 0 radical (unpaired) electrons. The number of aliphatic hydroxyl groups is 1. The summed E-state index contributed by atoms with van der Waals surface area (Å²) in [6.45, 7) is 1.90. The maximum atomic E-state index is 13.2. The summed E-state index contributed by atoms with van der Waals surface area (Å²) in [7, 11) is 1.55. The van der Waals surface area contributed by atoms with Crippen LogP contribution in [0.1, 0.15) is 22.0 Å². The first-order valence-electron chi connectivity index (χ1n) is 9.94. The van der Waals surface area contributed by atoms with Crippen molar-refractivity contribution in [3.05, 3.63) is 80.5 Å². The highest BCUT2D eigenvalue weighted by Gasteiger charge is 2.48. The Bertz CT molecular complexity index is 1390. The average Bonchev–Trinajstić information content (AvgIpc) is 3.53. The maximum absolute atomic E-state index is 13.2. The van der Waals surface area contributed by atoms with E-state index < -0.39 is 17.7 Å². The number of hydrogen-bond acceptors (Lipinski definition) is 7. The molecule has 1 aliphatic heterocycles. The third kappa shape index (κ3) is 3.60. The molecule has 1 amide bonds. The van der Waals surface area contributed by atoms with Crippen molar-refractivity contribution in [1.29, 1.82) is 0 Å². The normalized spacial score (nSPS) is 17.8. The second-order valence-electron chi connectivity index (χ2n) is 7.48. The average molecular weight is 497 g/mol. The van der Waals surface area contributed by atoms with Crippen LogP contribution >= 0.6 is 34.3 Å². The van der Waals surface area contributed by atoms with Crippen LogP contribution in [0.15, 0.2) is 59.5 Å². The number of benzene rings is 2. The highest BCUT2D eigenvalue weighted by Crippen LogP contribution is 2.45. The van der Waals surface area contributed by atoms with Crippen LogP contribution in [0.2, 0.25) is 5.02 Å². The van der Waals surface area contributed by atoms with E-state index in [1.54, 1.807) is 37.4 Å². The number of amides is 1.